The molecule has 0 aliphatic rings. The molecule has 6 nitrogen and oxygen atoms in total. The Bertz CT molecular complexity index is 254. The van der Waals surface area contributed by atoms with E-state index in [9.17, 15) is 9.59 Å². The molecule has 0 aliphatic heterocycles. The Hall–Kier alpha value is -0.440. The van der Waals surface area contributed by atoms with Gasteiger partial charge in [0.2, 0.25) is 5.91 Å². The smallest absolute Gasteiger partial charge is 0.321 e. The predicted octanol–water partition coefficient (Wildman–Crippen LogP) is -1.41. The summed E-state index contributed by atoms with van der Waals surface area (Å²) in [7, 11) is 1.56. The lowest BCUT2D eigenvalue weighted by Crippen LogP contribution is -2.48. The van der Waals surface area contributed by atoms with Crippen LogP contribution in [-0.2, 0) is 9.59 Å². The van der Waals surface area contributed by atoms with Crippen LogP contribution in [0, 0.1) is 0 Å². The van der Waals surface area contributed by atoms with Crippen LogP contribution >= 0.6 is 25.3 Å². The van der Waals surface area contributed by atoms with Gasteiger partial charge < -0.3 is 21.1 Å². The van der Waals surface area contributed by atoms with E-state index in [0.717, 1.165) is 0 Å². The lowest BCUT2D eigenvalue weighted by atomic mass is 10.3. The maximum atomic E-state index is 11.3. The molecule has 17 heavy (non-hydrogen) atoms. The maximum absolute atomic E-state index is 11.3. The minimum absolute atomic E-state index is 0.135. The highest BCUT2D eigenvalue weighted by Gasteiger charge is 2.16. The van der Waals surface area contributed by atoms with Crippen LogP contribution in [0.2, 0.25) is 0 Å². The molecule has 0 aromatic rings. The summed E-state index contributed by atoms with van der Waals surface area (Å²) < 4.78 is 0. The van der Waals surface area contributed by atoms with E-state index in [2.05, 4.69) is 41.2 Å². The minimum Gasteiger partial charge on any atom is -0.480 e. The Labute approximate surface area is 112 Å². The van der Waals surface area contributed by atoms with E-state index in [-0.39, 0.29) is 17.7 Å². The third-order valence-corrected chi connectivity index (χ3v) is 2.86. The molecule has 0 bridgehead atoms. The zero-order valence-electron chi connectivity index (χ0n) is 9.64. The van der Waals surface area contributed by atoms with E-state index in [4.69, 9.17) is 5.11 Å². The molecule has 4 N–H and O–H groups in total. The second-order valence-electron chi connectivity index (χ2n) is 3.33. The molecule has 0 aliphatic carbocycles. The van der Waals surface area contributed by atoms with Gasteiger partial charge in [0.1, 0.15) is 6.04 Å². The number of rotatable bonds is 9. The van der Waals surface area contributed by atoms with Crippen molar-refractivity contribution in [1.82, 2.24) is 16.0 Å². The van der Waals surface area contributed by atoms with Crippen molar-refractivity contribution in [2.75, 3.05) is 31.6 Å². The molecule has 8 heteroatoms. The van der Waals surface area contributed by atoms with Crippen LogP contribution in [0.4, 0.5) is 0 Å². The number of hydrogen-bond acceptors (Lipinski definition) is 6. The maximum Gasteiger partial charge on any atom is 0.321 e. The number of carboxylic acids is 1. The summed E-state index contributed by atoms with van der Waals surface area (Å²) >= 11 is 7.98. The van der Waals surface area contributed by atoms with Gasteiger partial charge in [0.25, 0.3) is 0 Å². The first-order valence-electron chi connectivity index (χ1n) is 5.19. The number of amides is 1. The molecule has 0 saturated heterocycles. The fourth-order valence-corrected chi connectivity index (χ4v) is 1.72. The van der Waals surface area contributed by atoms with Crippen molar-refractivity contribution in [1.29, 1.82) is 0 Å². The molecule has 0 unspecified atom stereocenters. The van der Waals surface area contributed by atoms with Gasteiger partial charge in [-0.2, -0.15) is 25.3 Å². The van der Waals surface area contributed by atoms with Gasteiger partial charge in [0.05, 0.1) is 6.04 Å². The summed E-state index contributed by atoms with van der Waals surface area (Å²) in [6, 6.07) is -1.04. The molecule has 100 valence electrons. The van der Waals surface area contributed by atoms with Gasteiger partial charge in [-0.05, 0) is 0 Å². The number of carbonyl (C=O) groups is 2. The Morgan fingerprint density at radius 2 is 1.59 bits per heavy atom. The average molecular weight is 281 g/mol. The standard InChI is InChI=1S/C9H19N3O3S2/c1-10-8(13)6(4-16)11-2-3-12-7(5-17)9(14)15/h6-7,11-12,16-17H,2-5H2,1H3,(H,10,13)(H,14,15)/t6-,7-/m0/s1. The molecule has 0 spiro atoms. The van der Waals surface area contributed by atoms with Crippen LogP contribution < -0.4 is 16.0 Å². The summed E-state index contributed by atoms with van der Waals surface area (Å²) in [6.07, 6.45) is 0. The highest BCUT2D eigenvalue weighted by Crippen LogP contribution is 1.89. The van der Waals surface area contributed by atoms with Gasteiger partial charge in [-0.1, -0.05) is 0 Å². The SMILES string of the molecule is CNC(=O)[C@H](CS)NCCN[C@@H](CS)C(=O)O. The number of carbonyl (C=O) groups excluding carboxylic acids is 1. The van der Waals surface area contributed by atoms with Crippen molar-refractivity contribution >= 4 is 37.1 Å². The fourth-order valence-electron chi connectivity index (χ4n) is 1.14. The zero-order chi connectivity index (χ0) is 13.3. The number of thiol groups is 2. The number of likely N-dealkylation sites (N-methyl/N-ethyl adjacent to an activating group) is 1. The first-order chi connectivity index (χ1) is 8.06. The zero-order valence-corrected chi connectivity index (χ0v) is 11.4. The quantitative estimate of drug-likeness (QED) is 0.231. The normalized spacial score (nSPS) is 14.1. The summed E-state index contributed by atoms with van der Waals surface area (Å²) in [5.74, 6) is -0.462. The fraction of sp³-hybridized carbons (Fsp3) is 0.778. The van der Waals surface area contributed by atoms with Gasteiger partial charge in [-0.15, -0.1) is 0 Å². The molecule has 0 saturated carbocycles. The first kappa shape index (κ1) is 16.6. The molecule has 0 aromatic heterocycles. The topological polar surface area (TPSA) is 90.5 Å². The van der Waals surface area contributed by atoms with E-state index in [0.29, 0.717) is 18.8 Å². The molecule has 0 radical (unpaired) electrons. The van der Waals surface area contributed by atoms with Gasteiger partial charge in [-0.25, -0.2) is 0 Å². The molecular formula is C9H19N3O3S2. The van der Waals surface area contributed by atoms with Crippen LogP contribution in [0.5, 0.6) is 0 Å². The van der Waals surface area contributed by atoms with Crippen molar-refractivity contribution in [3.05, 3.63) is 0 Å². The molecule has 0 aromatic carbocycles. The number of hydrogen-bond donors (Lipinski definition) is 6. The van der Waals surface area contributed by atoms with E-state index >= 15 is 0 Å². The number of carboxylic acid groups (broad SMARTS) is 1. The Kier molecular flexibility index (Phi) is 9.33. The van der Waals surface area contributed by atoms with Crippen molar-refractivity contribution < 1.29 is 14.7 Å². The lowest BCUT2D eigenvalue weighted by Gasteiger charge is -2.16. The van der Waals surface area contributed by atoms with Crippen LogP contribution in [-0.4, -0.2) is 60.7 Å². The van der Waals surface area contributed by atoms with E-state index in [1.54, 1.807) is 7.05 Å². The van der Waals surface area contributed by atoms with E-state index < -0.39 is 12.0 Å². The van der Waals surface area contributed by atoms with E-state index in [1.165, 1.54) is 0 Å². The summed E-state index contributed by atoms with van der Waals surface area (Å²) in [5, 5.41) is 17.0. The highest BCUT2D eigenvalue weighted by molar-refractivity contribution is 7.80. The van der Waals surface area contributed by atoms with Gasteiger partial charge in [-0.3, -0.25) is 9.59 Å². The monoisotopic (exact) mass is 281 g/mol. The molecule has 0 fully saturated rings. The summed E-state index contributed by atoms with van der Waals surface area (Å²) in [4.78, 5) is 21.9. The molecular weight excluding hydrogens is 262 g/mol. The lowest BCUT2D eigenvalue weighted by molar-refractivity contribution is -0.138. The Morgan fingerprint density at radius 3 is 1.94 bits per heavy atom. The van der Waals surface area contributed by atoms with Gasteiger partial charge in [0.15, 0.2) is 0 Å². The average Bonchev–Trinajstić information content (AvgIpc) is 2.32. The molecule has 2 atom stereocenters. The number of nitrogens with one attached hydrogen (secondary N) is 3. The largest absolute Gasteiger partial charge is 0.480 e. The Morgan fingerprint density at radius 1 is 1.12 bits per heavy atom. The summed E-state index contributed by atoms with van der Waals surface area (Å²) in [5.41, 5.74) is 0. The van der Waals surface area contributed by atoms with Crippen molar-refractivity contribution in [3.8, 4) is 0 Å². The van der Waals surface area contributed by atoms with Crippen LogP contribution in [0.25, 0.3) is 0 Å². The van der Waals surface area contributed by atoms with Crippen molar-refractivity contribution in [2.24, 2.45) is 0 Å². The van der Waals surface area contributed by atoms with Crippen molar-refractivity contribution in [3.63, 3.8) is 0 Å². The minimum atomic E-state index is -0.933. The number of aliphatic carboxylic acids is 1. The third kappa shape index (κ3) is 6.77. The van der Waals surface area contributed by atoms with E-state index in [1.807, 2.05) is 0 Å². The second kappa shape index (κ2) is 9.58. The van der Waals surface area contributed by atoms with Gasteiger partial charge >= 0.3 is 5.97 Å². The van der Waals surface area contributed by atoms with Crippen molar-refractivity contribution in [2.45, 2.75) is 12.1 Å². The second-order valence-corrected chi connectivity index (χ2v) is 4.06. The summed E-state index contributed by atoms with van der Waals surface area (Å²) in [6.45, 7) is 0.926. The van der Waals surface area contributed by atoms with Gasteiger partial charge in [0, 0.05) is 31.6 Å². The molecule has 0 heterocycles. The van der Waals surface area contributed by atoms with Crippen LogP contribution in [0.3, 0.4) is 0 Å². The predicted molar refractivity (Wildman–Crippen MR) is 73.0 cm³/mol. The Balaban J connectivity index is 3.82. The van der Waals surface area contributed by atoms with Crippen LogP contribution in [0.15, 0.2) is 0 Å². The first-order valence-corrected chi connectivity index (χ1v) is 6.46. The third-order valence-electron chi connectivity index (χ3n) is 2.13. The molecule has 0 rings (SSSR count). The van der Waals surface area contributed by atoms with Crippen LogP contribution in [0.1, 0.15) is 0 Å². The highest BCUT2D eigenvalue weighted by atomic mass is 32.1. The molecule has 1 amide bonds.